The molecule has 0 aliphatic carbocycles. The lowest BCUT2D eigenvalue weighted by Gasteiger charge is -2.12. The number of aromatic nitrogens is 1. The first-order chi connectivity index (χ1) is 16.8. The molecule has 1 aromatic heterocycles. The summed E-state index contributed by atoms with van der Waals surface area (Å²) in [6.45, 7) is 0.490. The van der Waals surface area contributed by atoms with Gasteiger partial charge >= 0.3 is 6.18 Å². The number of ether oxygens (including phenoxy) is 2. The molecule has 35 heavy (non-hydrogen) atoms. The SMILES string of the molecule is COc1ccc(CCn2c(-c3ccc(F)cc3)csc2=Nc2cccc(C(F)(F)F)c2)cc1OC. The number of alkyl halides is 3. The predicted molar refractivity (Wildman–Crippen MR) is 128 cm³/mol. The monoisotopic (exact) mass is 502 g/mol. The highest BCUT2D eigenvalue weighted by Crippen LogP contribution is 2.32. The zero-order chi connectivity index (χ0) is 25.0. The Balaban J connectivity index is 1.74. The number of thiazole rings is 1. The fourth-order valence-electron chi connectivity index (χ4n) is 3.63. The summed E-state index contributed by atoms with van der Waals surface area (Å²) in [7, 11) is 3.13. The average Bonchev–Trinajstić information content (AvgIpc) is 3.24. The van der Waals surface area contributed by atoms with Gasteiger partial charge in [-0.25, -0.2) is 9.38 Å². The van der Waals surface area contributed by atoms with E-state index >= 15 is 0 Å². The van der Waals surface area contributed by atoms with E-state index in [1.165, 1.54) is 35.6 Å². The zero-order valence-electron chi connectivity index (χ0n) is 19.0. The minimum absolute atomic E-state index is 0.201. The van der Waals surface area contributed by atoms with Crippen molar-refractivity contribution in [2.24, 2.45) is 4.99 Å². The molecule has 182 valence electrons. The highest BCUT2D eigenvalue weighted by molar-refractivity contribution is 7.07. The van der Waals surface area contributed by atoms with Crippen LogP contribution in [0.25, 0.3) is 11.3 Å². The Labute approximate surface area is 203 Å². The maximum atomic E-state index is 13.5. The van der Waals surface area contributed by atoms with Crippen LogP contribution in [0.15, 0.2) is 77.1 Å². The molecule has 9 heteroatoms. The molecule has 0 saturated carbocycles. The Hall–Kier alpha value is -3.59. The summed E-state index contributed by atoms with van der Waals surface area (Å²) in [6, 6.07) is 16.6. The summed E-state index contributed by atoms with van der Waals surface area (Å²) in [4.78, 5) is 5.05. The molecule has 0 amide bonds. The van der Waals surface area contributed by atoms with Crippen molar-refractivity contribution < 1.29 is 27.0 Å². The van der Waals surface area contributed by atoms with E-state index in [1.807, 2.05) is 28.1 Å². The molecule has 0 unspecified atom stereocenters. The number of nitrogens with zero attached hydrogens (tertiary/aromatic N) is 2. The van der Waals surface area contributed by atoms with Crippen LogP contribution in [0, 0.1) is 5.82 Å². The summed E-state index contributed by atoms with van der Waals surface area (Å²) in [5.41, 5.74) is 2.00. The summed E-state index contributed by atoms with van der Waals surface area (Å²) < 4.78 is 65.6. The van der Waals surface area contributed by atoms with Crippen molar-refractivity contribution in [3.8, 4) is 22.8 Å². The zero-order valence-corrected chi connectivity index (χ0v) is 19.8. The van der Waals surface area contributed by atoms with E-state index in [9.17, 15) is 17.6 Å². The van der Waals surface area contributed by atoms with Crippen LogP contribution in [-0.4, -0.2) is 18.8 Å². The fraction of sp³-hybridized carbons (Fsp3) is 0.192. The number of methoxy groups -OCH3 is 2. The molecular formula is C26H22F4N2O2S. The molecule has 0 aliphatic rings. The molecule has 4 nitrogen and oxygen atoms in total. The summed E-state index contributed by atoms with van der Waals surface area (Å²) in [5, 5.41) is 1.87. The van der Waals surface area contributed by atoms with Gasteiger partial charge in [0.2, 0.25) is 0 Å². The van der Waals surface area contributed by atoms with Gasteiger partial charge in [-0.2, -0.15) is 13.2 Å². The topological polar surface area (TPSA) is 35.8 Å². The fourth-order valence-corrected chi connectivity index (χ4v) is 4.58. The second kappa shape index (κ2) is 10.4. The normalized spacial score (nSPS) is 12.1. The standard InChI is InChI=1S/C26H22F4N2O2S/c1-33-23-11-6-17(14-24(23)34-2)12-13-32-22(18-7-9-20(27)10-8-18)16-35-25(32)31-21-5-3-4-19(15-21)26(28,29)30/h3-11,14-16H,12-13H2,1-2H3. The van der Waals surface area contributed by atoms with Gasteiger partial charge in [-0.05, 0) is 72.1 Å². The predicted octanol–water partition coefficient (Wildman–Crippen LogP) is 6.87. The maximum absolute atomic E-state index is 13.5. The van der Waals surface area contributed by atoms with Crippen LogP contribution in [0.2, 0.25) is 0 Å². The van der Waals surface area contributed by atoms with E-state index in [2.05, 4.69) is 4.99 Å². The Morgan fingerprint density at radius 1 is 0.914 bits per heavy atom. The van der Waals surface area contributed by atoms with Crippen LogP contribution in [0.4, 0.5) is 23.2 Å². The molecule has 0 bridgehead atoms. The highest BCUT2D eigenvalue weighted by atomic mass is 32.1. The van der Waals surface area contributed by atoms with E-state index in [0.717, 1.165) is 29.0 Å². The van der Waals surface area contributed by atoms with Gasteiger partial charge in [0, 0.05) is 11.9 Å². The van der Waals surface area contributed by atoms with Crippen molar-refractivity contribution in [1.29, 1.82) is 0 Å². The van der Waals surface area contributed by atoms with Gasteiger partial charge in [0.15, 0.2) is 16.3 Å². The minimum atomic E-state index is -4.45. The van der Waals surface area contributed by atoms with Crippen LogP contribution >= 0.6 is 11.3 Å². The molecule has 0 spiro atoms. The number of aryl methyl sites for hydroxylation is 1. The number of benzene rings is 3. The molecule has 0 fully saturated rings. The van der Waals surface area contributed by atoms with Crippen molar-refractivity contribution in [2.75, 3.05) is 14.2 Å². The molecular weight excluding hydrogens is 480 g/mol. The summed E-state index contributed by atoms with van der Waals surface area (Å²) in [6.07, 6.45) is -3.86. The number of hydrogen-bond acceptors (Lipinski definition) is 4. The molecule has 0 N–H and O–H groups in total. The Bertz CT molecular complexity index is 1380. The van der Waals surface area contributed by atoms with Gasteiger partial charge in [0.05, 0.1) is 31.2 Å². The lowest BCUT2D eigenvalue weighted by molar-refractivity contribution is -0.137. The highest BCUT2D eigenvalue weighted by Gasteiger charge is 2.30. The quantitative estimate of drug-likeness (QED) is 0.259. The molecule has 0 aliphatic heterocycles. The van der Waals surface area contributed by atoms with Gasteiger partial charge in [-0.1, -0.05) is 12.1 Å². The molecule has 0 atom stereocenters. The third-order valence-corrected chi connectivity index (χ3v) is 6.27. The third-order valence-electron chi connectivity index (χ3n) is 5.41. The molecule has 0 saturated heterocycles. The smallest absolute Gasteiger partial charge is 0.416 e. The van der Waals surface area contributed by atoms with E-state index in [-0.39, 0.29) is 11.5 Å². The number of hydrogen-bond donors (Lipinski definition) is 0. The average molecular weight is 503 g/mol. The molecule has 1 heterocycles. The van der Waals surface area contributed by atoms with Crippen molar-refractivity contribution in [2.45, 2.75) is 19.1 Å². The molecule has 3 aromatic carbocycles. The Morgan fingerprint density at radius 3 is 2.34 bits per heavy atom. The van der Waals surface area contributed by atoms with Crippen LogP contribution in [0.3, 0.4) is 0 Å². The van der Waals surface area contributed by atoms with Gasteiger partial charge < -0.3 is 14.0 Å². The van der Waals surface area contributed by atoms with Crippen molar-refractivity contribution in [1.82, 2.24) is 4.57 Å². The van der Waals surface area contributed by atoms with Gasteiger partial charge in [-0.15, -0.1) is 11.3 Å². The summed E-state index contributed by atoms with van der Waals surface area (Å²) >= 11 is 1.31. The minimum Gasteiger partial charge on any atom is -0.493 e. The summed E-state index contributed by atoms with van der Waals surface area (Å²) in [5.74, 6) is 0.870. The van der Waals surface area contributed by atoms with Crippen LogP contribution < -0.4 is 14.3 Å². The van der Waals surface area contributed by atoms with E-state index in [0.29, 0.717) is 29.3 Å². The van der Waals surface area contributed by atoms with Crippen LogP contribution in [-0.2, 0) is 19.1 Å². The second-order valence-electron chi connectivity index (χ2n) is 7.66. The van der Waals surface area contributed by atoms with E-state index in [4.69, 9.17) is 9.47 Å². The van der Waals surface area contributed by atoms with Crippen molar-refractivity contribution in [3.05, 3.63) is 93.9 Å². The van der Waals surface area contributed by atoms with Crippen molar-refractivity contribution in [3.63, 3.8) is 0 Å². The molecule has 4 aromatic rings. The van der Waals surface area contributed by atoms with Gasteiger partial charge in [0.1, 0.15) is 5.82 Å². The van der Waals surface area contributed by atoms with Crippen LogP contribution in [0.5, 0.6) is 11.5 Å². The van der Waals surface area contributed by atoms with Crippen molar-refractivity contribution >= 4 is 17.0 Å². The first kappa shape index (κ1) is 24.5. The molecule has 4 rings (SSSR count). The first-order valence-electron chi connectivity index (χ1n) is 10.7. The number of rotatable bonds is 7. The maximum Gasteiger partial charge on any atom is 0.416 e. The largest absolute Gasteiger partial charge is 0.493 e. The third kappa shape index (κ3) is 5.74. The Kier molecular flexibility index (Phi) is 7.25. The lowest BCUT2D eigenvalue weighted by Crippen LogP contribution is -2.17. The van der Waals surface area contributed by atoms with Gasteiger partial charge in [-0.3, -0.25) is 0 Å². The van der Waals surface area contributed by atoms with Crippen LogP contribution in [0.1, 0.15) is 11.1 Å². The number of halogens is 4. The molecule has 0 radical (unpaired) electrons. The first-order valence-corrected chi connectivity index (χ1v) is 11.5. The lowest BCUT2D eigenvalue weighted by atomic mass is 10.1. The Morgan fingerprint density at radius 2 is 1.66 bits per heavy atom. The van der Waals surface area contributed by atoms with E-state index < -0.39 is 11.7 Å². The van der Waals surface area contributed by atoms with E-state index in [1.54, 1.807) is 26.4 Å². The van der Waals surface area contributed by atoms with Gasteiger partial charge in [0.25, 0.3) is 0 Å². The second-order valence-corrected chi connectivity index (χ2v) is 8.50.